The molecule has 0 fully saturated rings. The summed E-state index contributed by atoms with van der Waals surface area (Å²) in [5.41, 5.74) is 2.56. The molecule has 3 nitrogen and oxygen atoms in total. The SMILES string of the molecule is COc1ccc(COc2ccc(Br)c(CBr)c2)cc1C#N. The monoisotopic (exact) mass is 409 g/mol. The molecule has 0 aliphatic rings. The van der Waals surface area contributed by atoms with E-state index < -0.39 is 0 Å². The number of alkyl halides is 1. The third kappa shape index (κ3) is 3.99. The second-order valence-corrected chi connectivity index (χ2v) is 5.74. The standard InChI is InChI=1S/C16H13Br2NO2/c1-20-16-5-2-11(6-13(16)9-19)10-21-14-3-4-15(18)12(7-14)8-17/h2-7H,8,10H2,1H3. The molecule has 2 aromatic rings. The quantitative estimate of drug-likeness (QED) is 0.664. The summed E-state index contributed by atoms with van der Waals surface area (Å²) in [4.78, 5) is 0. The van der Waals surface area contributed by atoms with Gasteiger partial charge in [0.05, 0.1) is 12.7 Å². The Kier molecular flexibility index (Phi) is 5.66. The predicted octanol–water partition coefficient (Wildman–Crippen LogP) is 4.80. The van der Waals surface area contributed by atoms with Crippen molar-refractivity contribution in [2.75, 3.05) is 7.11 Å². The predicted molar refractivity (Wildman–Crippen MR) is 88.8 cm³/mol. The first-order valence-electron chi connectivity index (χ1n) is 6.22. The van der Waals surface area contributed by atoms with Gasteiger partial charge in [0.15, 0.2) is 0 Å². The van der Waals surface area contributed by atoms with Crippen molar-refractivity contribution in [3.63, 3.8) is 0 Å². The highest BCUT2D eigenvalue weighted by Crippen LogP contribution is 2.25. The fraction of sp³-hybridized carbons (Fsp3) is 0.188. The molecular formula is C16H13Br2NO2. The molecule has 2 aromatic carbocycles. The summed E-state index contributed by atoms with van der Waals surface area (Å²) in [6.07, 6.45) is 0. The van der Waals surface area contributed by atoms with Crippen LogP contribution in [0.1, 0.15) is 16.7 Å². The number of ether oxygens (including phenoxy) is 2. The van der Waals surface area contributed by atoms with Crippen molar-refractivity contribution in [1.82, 2.24) is 0 Å². The number of benzene rings is 2. The molecule has 0 unspecified atom stereocenters. The fourth-order valence-electron chi connectivity index (χ4n) is 1.84. The molecule has 0 saturated heterocycles. The average molecular weight is 411 g/mol. The summed E-state index contributed by atoms with van der Waals surface area (Å²) in [5, 5.41) is 9.83. The van der Waals surface area contributed by atoms with Crippen LogP contribution in [0.2, 0.25) is 0 Å². The molecule has 0 aromatic heterocycles. The Morgan fingerprint density at radius 1 is 1.19 bits per heavy atom. The molecule has 0 amide bonds. The first-order valence-corrected chi connectivity index (χ1v) is 8.13. The molecule has 0 aliphatic carbocycles. The topological polar surface area (TPSA) is 42.2 Å². The highest BCUT2D eigenvalue weighted by atomic mass is 79.9. The second-order valence-electron chi connectivity index (χ2n) is 4.32. The number of hydrogen-bond donors (Lipinski definition) is 0. The Hall–Kier alpha value is -1.51. The molecule has 0 spiro atoms. The van der Waals surface area contributed by atoms with Gasteiger partial charge in [0.2, 0.25) is 0 Å². The number of rotatable bonds is 5. The summed E-state index contributed by atoms with van der Waals surface area (Å²) in [7, 11) is 1.55. The molecule has 0 radical (unpaired) electrons. The van der Waals surface area contributed by atoms with Crippen LogP contribution in [0.25, 0.3) is 0 Å². The van der Waals surface area contributed by atoms with Crippen molar-refractivity contribution in [2.45, 2.75) is 11.9 Å². The van der Waals surface area contributed by atoms with Crippen LogP contribution >= 0.6 is 31.9 Å². The molecule has 2 rings (SSSR count). The second kappa shape index (κ2) is 7.48. The van der Waals surface area contributed by atoms with Gasteiger partial charge >= 0.3 is 0 Å². The number of hydrogen-bond acceptors (Lipinski definition) is 3. The Bertz CT molecular complexity index is 680. The van der Waals surface area contributed by atoms with Crippen LogP contribution in [0.4, 0.5) is 0 Å². The minimum absolute atomic E-state index is 0.405. The average Bonchev–Trinajstić information content (AvgIpc) is 2.53. The van der Waals surface area contributed by atoms with Crippen LogP contribution in [0.15, 0.2) is 40.9 Å². The van der Waals surface area contributed by atoms with Gasteiger partial charge < -0.3 is 9.47 Å². The third-order valence-corrected chi connectivity index (χ3v) is 4.33. The molecule has 5 heteroatoms. The van der Waals surface area contributed by atoms with Gasteiger partial charge in [0.1, 0.15) is 24.2 Å². The van der Waals surface area contributed by atoms with E-state index in [2.05, 4.69) is 37.9 Å². The van der Waals surface area contributed by atoms with E-state index in [1.807, 2.05) is 24.3 Å². The van der Waals surface area contributed by atoms with E-state index in [-0.39, 0.29) is 0 Å². The lowest BCUT2D eigenvalue weighted by atomic mass is 10.1. The van der Waals surface area contributed by atoms with Crippen LogP contribution in [-0.2, 0) is 11.9 Å². The molecule has 0 aliphatic heterocycles. The number of halogens is 2. The number of nitriles is 1. The zero-order chi connectivity index (χ0) is 15.2. The Balaban J connectivity index is 2.11. The van der Waals surface area contributed by atoms with E-state index in [0.29, 0.717) is 17.9 Å². The summed E-state index contributed by atoms with van der Waals surface area (Å²) in [5.74, 6) is 1.37. The Morgan fingerprint density at radius 2 is 2.00 bits per heavy atom. The van der Waals surface area contributed by atoms with E-state index in [1.165, 1.54) is 0 Å². The van der Waals surface area contributed by atoms with E-state index in [9.17, 15) is 0 Å². The van der Waals surface area contributed by atoms with Crippen molar-refractivity contribution in [3.8, 4) is 17.6 Å². The lowest BCUT2D eigenvalue weighted by Gasteiger charge is -2.10. The zero-order valence-electron chi connectivity index (χ0n) is 11.4. The van der Waals surface area contributed by atoms with Crippen molar-refractivity contribution < 1.29 is 9.47 Å². The first-order chi connectivity index (χ1) is 10.2. The molecule has 108 valence electrons. The van der Waals surface area contributed by atoms with Gasteiger partial charge in [0, 0.05) is 9.80 Å². The minimum atomic E-state index is 0.405. The largest absolute Gasteiger partial charge is 0.495 e. The maximum absolute atomic E-state index is 9.08. The maximum Gasteiger partial charge on any atom is 0.136 e. The van der Waals surface area contributed by atoms with Crippen LogP contribution in [-0.4, -0.2) is 7.11 Å². The lowest BCUT2D eigenvalue weighted by Crippen LogP contribution is -1.98. The third-order valence-electron chi connectivity index (χ3n) is 2.95. The summed E-state index contributed by atoms with van der Waals surface area (Å²) < 4.78 is 11.9. The van der Waals surface area contributed by atoms with Gasteiger partial charge in [-0.3, -0.25) is 0 Å². The van der Waals surface area contributed by atoms with Crippen molar-refractivity contribution in [1.29, 1.82) is 5.26 Å². The molecule has 0 heterocycles. The molecule has 0 N–H and O–H groups in total. The summed E-state index contributed by atoms with van der Waals surface area (Å²) in [6.45, 7) is 0.405. The van der Waals surface area contributed by atoms with Gasteiger partial charge in [-0.1, -0.05) is 37.9 Å². The van der Waals surface area contributed by atoms with Gasteiger partial charge in [0.25, 0.3) is 0 Å². The normalized spacial score (nSPS) is 10.0. The van der Waals surface area contributed by atoms with E-state index in [0.717, 1.165) is 26.7 Å². The molecule has 0 atom stereocenters. The van der Waals surface area contributed by atoms with E-state index in [4.69, 9.17) is 14.7 Å². The first kappa shape index (κ1) is 15.9. The van der Waals surface area contributed by atoms with Crippen LogP contribution < -0.4 is 9.47 Å². The van der Waals surface area contributed by atoms with Crippen molar-refractivity contribution in [2.24, 2.45) is 0 Å². The summed E-state index contributed by atoms with van der Waals surface area (Å²) in [6, 6.07) is 13.4. The lowest BCUT2D eigenvalue weighted by molar-refractivity contribution is 0.305. The van der Waals surface area contributed by atoms with Gasteiger partial charge in [-0.2, -0.15) is 5.26 Å². The van der Waals surface area contributed by atoms with Gasteiger partial charge in [-0.05, 0) is 41.5 Å². The number of nitrogens with zero attached hydrogens (tertiary/aromatic N) is 1. The van der Waals surface area contributed by atoms with Crippen LogP contribution in [0.5, 0.6) is 11.5 Å². The Morgan fingerprint density at radius 3 is 2.67 bits per heavy atom. The maximum atomic E-state index is 9.08. The van der Waals surface area contributed by atoms with Crippen molar-refractivity contribution in [3.05, 3.63) is 57.6 Å². The highest BCUT2D eigenvalue weighted by Gasteiger charge is 2.05. The highest BCUT2D eigenvalue weighted by molar-refractivity contribution is 9.10. The summed E-state index contributed by atoms with van der Waals surface area (Å²) >= 11 is 6.92. The van der Waals surface area contributed by atoms with Crippen molar-refractivity contribution >= 4 is 31.9 Å². The van der Waals surface area contributed by atoms with E-state index >= 15 is 0 Å². The fourth-order valence-corrected chi connectivity index (χ4v) is 3.07. The van der Waals surface area contributed by atoms with Gasteiger partial charge in [-0.15, -0.1) is 0 Å². The minimum Gasteiger partial charge on any atom is -0.495 e. The molecule has 0 saturated carbocycles. The zero-order valence-corrected chi connectivity index (χ0v) is 14.6. The Labute approximate surface area is 140 Å². The van der Waals surface area contributed by atoms with Crippen LogP contribution in [0, 0.1) is 11.3 Å². The smallest absolute Gasteiger partial charge is 0.136 e. The van der Waals surface area contributed by atoms with Crippen LogP contribution in [0.3, 0.4) is 0 Å². The number of methoxy groups -OCH3 is 1. The molecule has 21 heavy (non-hydrogen) atoms. The molecule has 0 bridgehead atoms. The van der Waals surface area contributed by atoms with Gasteiger partial charge in [-0.25, -0.2) is 0 Å². The molecular weight excluding hydrogens is 398 g/mol. The van der Waals surface area contributed by atoms with E-state index in [1.54, 1.807) is 19.2 Å².